The number of phosphoric ester groups is 1. The number of hydrogen-bond acceptors (Lipinski definition) is 5. The van der Waals surface area contributed by atoms with Gasteiger partial charge < -0.3 is 14.1 Å². The van der Waals surface area contributed by atoms with Crippen LogP contribution in [0.4, 0.5) is 0 Å². The van der Waals surface area contributed by atoms with E-state index in [1.54, 1.807) is 6.92 Å². The SMILES string of the molecule is C=C(C)C(=O)OCCCCCCCCCCCCOP(=O)(O)OCC[N+](C)(C)C. The highest BCUT2D eigenvalue weighted by molar-refractivity contribution is 7.47. The van der Waals surface area contributed by atoms with Crippen LogP contribution >= 0.6 is 7.82 Å². The molecule has 0 fully saturated rings. The number of nitrogens with zero attached hydrogens (tertiary/aromatic N) is 1. The number of carbonyl (C=O) groups excluding carboxylic acids is 1. The van der Waals surface area contributed by atoms with Crippen molar-refractivity contribution in [3.8, 4) is 0 Å². The van der Waals surface area contributed by atoms with Gasteiger partial charge >= 0.3 is 13.8 Å². The Hall–Kier alpha value is -0.720. The Balaban J connectivity index is 3.38. The third kappa shape index (κ3) is 20.3. The summed E-state index contributed by atoms with van der Waals surface area (Å²) in [5, 5.41) is 0. The number of quaternary nitrogens is 1. The van der Waals surface area contributed by atoms with E-state index in [2.05, 4.69) is 6.58 Å². The molecule has 0 aromatic rings. The van der Waals surface area contributed by atoms with Crippen LogP contribution in [0.1, 0.15) is 71.1 Å². The number of ether oxygens (including phenoxy) is 1. The molecule has 0 spiro atoms. The number of rotatable bonds is 19. The van der Waals surface area contributed by atoms with E-state index in [-0.39, 0.29) is 19.2 Å². The maximum atomic E-state index is 11.7. The molecule has 1 N–H and O–H groups in total. The number of phosphoric acid groups is 1. The van der Waals surface area contributed by atoms with Crippen LogP contribution in [0.15, 0.2) is 12.2 Å². The van der Waals surface area contributed by atoms with E-state index >= 15 is 0 Å². The van der Waals surface area contributed by atoms with E-state index in [0.717, 1.165) is 32.1 Å². The fourth-order valence-corrected chi connectivity index (χ4v) is 3.30. The van der Waals surface area contributed by atoms with E-state index in [0.29, 0.717) is 23.2 Å². The summed E-state index contributed by atoms with van der Waals surface area (Å²) in [6.45, 7) is 6.80. The average Bonchev–Trinajstić information content (AvgIpc) is 2.60. The first-order chi connectivity index (χ1) is 13.5. The van der Waals surface area contributed by atoms with Gasteiger partial charge in [-0.05, 0) is 19.8 Å². The van der Waals surface area contributed by atoms with Crippen molar-refractivity contribution >= 4 is 13.8 Å². The molecule has 1 atom stereocenters. The molecule has 7 nitrogen and oxygen atoms in total. The second-order valence-electron chi connectivity index (χ2n) is 8.60. The van der Waals surface area contributed by atoms with Crippen LogP contribution < -0.4 is 0 Å². The quantitative estimate of drug-likeness (QED) is 0.103. The highest BCUT2D eigenvalue weighted by Gasteiger charge is 2.21. The first kappa shape index (κ1) is 28.3. The second-order valence-corrected chi connectivity index (χ2v) is 10.1. The smallest absolute Gasteiger partial charge is 0.462 e. The molecule has 0 radical (unpaired) electrons. The molecule has 29 heavy (non-hydrogen) atoms. The third-order valence-electron chi connectivity index (χ3n) is 4.39. The van der Waals surface area contributed by atoms with Crippen LogP contribution in [0.3, 0.4) is 0 Å². The van der Waals surface area contributed by atoms with E-state index in [4.69, 9.17) is 13.8 Å². The van der Waals surface area contributed by atoms with Crippen molar-refractivity contribution in [3.63, 3.8) is 0 Å². The van der Waals surface area contributed by atoms with Crippen LogP contribution in [-0.2, 0) is 23.1 Å². The number of likely N-dealkylation sites (N-methyl/N-ethyl adjacent to an activating group) is 1. The molecule has 0 saturated heterocycles. The highest BCUT2D eigenvalue weighted by atomic mass is 31.2. The lowest BCUT2D eigenvalue weighted by atomic mass is 10.1. The van der Waals surface area contributed by atoms with Crippen LogP contribution in [0.2, 0.25) is 0 Å². The standard InChI is InChI=1S/C21H42NO6P/c1-20(2)21(23)26-17-14-12-10-8-6-7-9-11-13-15-18-27-29(24,25)28-19-16-22(3,4)5/h1,6-19H2,2-5H3/p+1. The molecule has 0 aliphatic heterocycles. The average molecular weight is 437 g/mol. The molecule has 8 heteroatoms. The van der Waals surface area contributed by atoms with Crippen molar-refractivity contribution in [3.05, 3.63) is 12.2 Å². The monoisotopic (exact) mass is 436 g/mol. The predicted molar refractivity (Wildman–Crippen MR) is 117 cm³/mol. The zero-order valence-electron chi connectivity index (χ0n) is 19.0. The number of unbranched alkanes of at least 4 members (excludes halogenated alkanes) is 9. The Morgan fingerprint density at radius 1 is 0.828 bits per heavy atom. The summed E-state index contributed by atoms with van der Waals surface area (Å²) >= 11 is 0. The van der Waals surface area contributed by atoms with Crippen LogP contribution in [0, 0.1) is 0 Å². The fraction of sp³-hybridized carbons (Fsp3) is 0.857. The zero-order chi connectivity index (χ0) is 22.2. The maximum absolute atomic E-state index is 11.7. The van der Waals surface area contributed by atoms with E-state index in [1.807, 2.05) is 21.1 Å². The van der Waals surface area contributed by atoms with Gasteiger partial charge in [0.15, 0.2) is 0 Å². The highest BCUT2D eigenvalue weighted by Crippen LogP contribution is 2.43. The Kier molecular flexibility index (Phi) is 15.6. The van der Waals surface area contributed by atoms with Crippen LogP contribution in [-0.4, -0.2) is 62.9 Å². The van der Waals surface area contributed by atoms with Crippen molar-refractivity contribution in [2.45, 2.75) is 71.1 Å². The molecule has 0 aliphatic rings. The van der Waals surface area contributed by atoms with Crippen molar-refractivity contribution in [2.75, 3.05) is 47.5 Å². The minimum atomic E-state index is -3.91. The van der Waals surface area contributed by atoms with Gasteiger partial charge in [0.25, 0.3) is 0 Å². The first-order valence-corrected chi connectivity index (χ1v) is 12.3. The van der Waals surface area contributed by atoms with Crippen molar-refractivity contribution in [1.29, 1.82) is 0 Å². The molecule has 1 unspecified atom stereocenters. The lowest BCUT2D eigenvalue weighted by Gasteiger charge is -2.24. The van der Waals surface area contributed by atoms with Crippen molar-refractivity contribution in [2.24, 2.45) is 0 Å². The van der Waals surface area contributed by atoms with Crippen molar-refractivity contribution < 1.29 is 32.5 Å². The molecular weight excluding hydrogens is 393 g/mol. The maximum Gasteiger partial charge on any atom is 0.472 e. The zero-order valence-corrected chi connectivity index (χ0v) is 19.9. The summed E-state index contributed by atoms with van der Waals surface area (Å²) in [6.07, 6.45) is 10.8. The molecule has 0 amide bonds. The van der Waals surface area contributed by atoms with Gasteiger partial charge in [0.2, 0.25) is 0 Å². The minimum Gasteiger partial charge on any atom is -0.462 e. The van der Waals surface area contributed by atoms with Gasteiger partial charge in [-0.1, -0.05) is 57.9 Å². The van der Waals surface area contributed by atoms with Gasteiger partial charge in [-0.25, -0.2) is 9.36 Å². The lowest BCUT2D eigenvalue weighted by molar-refractivity contribution is -0.870. The van der Waals surface area contributed by atoms with E-state index < -0.39 is 7.82 Å². The third-order valence-corrected chi connectivity index (χ3v) is 5.41. The Bertz CT molecular complexity index is 504. The molecule has 172 valence electrons. The molecule has 0 aromatic carbocycles. The molecular formula is C21H43NO6P+. The Morgan fingerprint density at radius 2 is 1.24 bits per heavy atom. The van der Waals surface area contributed by atoms with E-state index in [9.17, 15) is 14.3 Å². The molecule has 0 bridgehead atoms. The summed E-state index contributed by atoms with van der Waals surface area (Å²) in [4.78, 5) is 20.8. The molecule has 0 aromatic heterocycles. The Morgan fingerprint density at radius 3 is 1.69 bits per heavy atom. The normalized spacial score (nSPS) is 13.8. The van der Waals surface area contributed by atoms with E-state index in [1.165, 1.54) is 32.1 Å². The fourth-order valence-electron chi connectivity index (χ4n) is 2.55. The summed E-state index contributed by atoms with van der Waals surface area (Å²) in [5.74, 6) is -0.301. The van der Waals surface area contributed by atoms with Gasteiger partial charge in [-0.3, -0.25) is 9.05 Å². The Labute approximate surface area is 177 Å². The van der Waals surface area contributed by atoms with Crippen molar-refractivity contribution in [1.82, 2.24) is 0 Å². The molecule has 0 rings (SSSR count). The second kappa shape index (κ2) is 16.0. The number of esters is 1. The van der Waals surface area contributed by atoms with Gasteiger partial charge in [-0.15, -0.1) is 0 Å². The summed E-state index contributed by atoms with van der Waals surface area (Å²) < 4.78 is 27.5. The molecule has 0 aliphatic carbocycles. The first-order valence-electron chi connectivity index (χ1n) is 10.8. The largest absolute Gasteiger partial charge is 0.472 e. The number of hydrogen-bond donors (Lipinski definition) is 1. The summed E-state index contributed by atoms with van der Waals surface area (Å²) in [6, 6.07) is 0. The van der Waals surface area contributed by atoms with Gasteiger partial charge in [0.05, 0.1) is 34.4 Å². The minimum absolute atomic E-state index is 0.205. The number of carbonyl (C=O) groups is 1. The molecule has 0 saturated carbocycles. The predicted octanol–water partition coefficient (Wildman–Crippen LogP) is 4.85. The topological polar surface area (TPSA) is 82.1 Å². The summed E-state index contributed by atoms with van der Waals surface area (Å²) in [7, 11) is 2.08. The van der Waals surface area contributed by atoms with Gasteiger partial charge in [0, 0.05) is 5.57 Å². The van der Waals surface area contributed by atoms with Gasteiger partial charge in [-0.2, -0.15) is 0 Å². The lowest BCUT2D eigenvalue weighted by Crippen LogP contribution is -2.37. The van der Waals surface area contributed by atoms with Crippen LogP contribution in [0.25, 0.3) is 0 Å². The summed E-state index contributed by atoms with van der Waals surface area (Å²) in [5.41, 5.74) is 0.450. The van der Waals surface area contributed by atoms with Crippen LogP contribution in [0.5, 0.6) is 0 Å². The molecule has 0 heterocycles. The van der Waals surface area contributed by atoms with Gasteiger partial charge in [0.1, 0.15) is 13.2 Å².